The van der Waals surface area contributed by atoms with Crippen LogP contribution in [-0.2, 0) is 16.0 Å². The van der Waals surface area contributed by atoms with Gasteiger partial charge in [0.15, 0.2) is 0 Å². The van der Waals surface area contributed by atoms with Gasteiger partial charge >= 0.3 is 5.97 Å². The third-order valence-electron chi connectivity index (χ3n) is 4.91. The number of esters is 1. The van der Waals surface area contributed by atoms with Crippen LogP contribution in [0.25, 0.3) is 0 Å². The molecule has 0 spiro atoms. The molecule has 3 heteroatoms. The van der Waals surface area contributed by atoms with Crippen molar-refractivity contribution in [2.24, 2.45) is 5.92 Å². The molecule has 1 atom stereocenters. The highest BCUT2D eigenvalue weighted by Gasteiger charge is 2.41. The second-order valence-electron chi connectivity index (χ2n) is 6.36. The van der Waals surface area contributed by atoms with Crippen molar-refractivity contribution in [1.82, 2.24) is 4.90 Å². The van der Waals surface area contributed by atoms with Gasteiger partial charge in [-0.15, -0.1) is 6.42 Å². The van der Waals surface area contributed by atoms with Crippen LogP contribution in [0.2, 0.25) is 0 Å². The average molecular weight is 313 g/mol. The summed E-state index contributed by atoms with van der Waals surface area (Å²) >= 11 is 0. The maximum atomic E-state index is 11.8. The number of hydrogen-bond acceptors (Lipinski definition) is 3. The summed E-state index contributed by atoms with van der Waals surface area (Å²) in [6.45, 7) is 6.70. The van der Waals surface area contributed by atoms with Gasteiger partial charge in [-0.25, -0.2) is 0 Å². The van der Waals surface area contributed by atoms with Crippen molar-refractivity contribution < 1.29 is 9.53 Å². The number of benzene rings is 1. The minimum atomic E-state index is -0.481. The van der Waals surface area contributed by atoms with Crippen molar-refractivity contribution in [3.63, 3.8) is 0 Å². The molecule has 0 amide bonds. The molecule has 124 valence electrons. The highest BCUT2D eigenvalue weighted by Crippen LogP contribution is 2.34. The van der Waals surface area contributed by atoms with Crippen molar-refractivity contribution in [2.75, 3.05) is 19.6 Å². The van der Waals surface area contributed by atoms with Crippen LogP contribution in [0.4, 0.5) is 0 Å². The van der Waals surface area contributed by atoms with E-state index in [4.69, 9.17) is 11.2 Å². The lowest BCUT2D eigenvalue weighted by atomic mass is 9.80. The second kappa shape index (κ2) is 8.17. The highest BCUT2D eigenvalue weighted by atomic mass is 16.6. The summed E-state index contributed by atoms with van der Waals surface area (Å²) in [5.41, 5.74) is 0.879. The lowest BCUT2D eigenvalue weighted by molar-refractivity contribution is -0.169. The highest BCUT2D eigenvalue weighted by molar-refractivity contribution is 5.69. The van der Waals surface area contributed by atoms with E-state index in [2.05, 4.69) is 35.1 Å². The number of carbonyl (C=O) groups excluding carboxylic acids is 1. The Bertz CT molecular complexity index is 539. The summed E-state index contributed by atoms with van der Waals surface area (Å²) in [5, 5.41) is 0. The molecular weight excluding hydrogens is 286 g/mol. The Balaban J connectivity index is 1.91. The zero-order valence-corrected chi connectivity index (χ0v) is 14.3. The van der Waals surface area contributed by atoms with Gasteiger partial charge in [-0.1, -0.05) is 43.2 Å². The fourth-order valence-electron chi connectivity index (χ4n) is 3.16. The minimum absolute atomic E-state index is 0.0470. The van der Waals surface area contributed by atoms with Crippen molar-refractivity contribution in [3.05, 3.63) is 35.9 Å². The molecular formula is C20H27NO2. The number of piperidine rings is 1. The van der Waals surface area contributed by atoms with Crippen LogP contribution in [0.5, 0.6) is 0 Å². The maximum Gasteiger partial charge on any atom is 0.306 e. The molecule has 1 fully saturated rings. The molecule has 23 heavy (non-hydrogen) atoms. The number of carbonyl (C=O) groups is 1. The molecule has 0 aromatic heterocycles. The SMILES string of the molecule is C#CC(C)C1(OC(=O)CC)CCN(CCc2ccccc2)CC1. The van der Waals surface area contributed by atoms with Crippen LogP contribution in [0.1, 0.15) is 38.7 Å². The first kappa shape index (κ1) is 17.6. The van der Waals surface area contributed by atoms with Crippen molar-refractivity contribution in [3.8, 4) is 12.3 Å². The summed E-state index contributed by atoms with van der Waals surface area (Å²) in [4.78, 5) is 14.2. The van der Waals surface area contributed by atoms with Crippen LogP contribution >= 0.6 is 0 Å². The molecule has 0 saturated carbocycles. The third-order valence-corrected chi connectivity index (χ3v) is 4.91. The molecule has 1 saturated heterocycles. The monoisotopic (exact) mass is 313 g/mol. The molecule has 2 rings (SSSR count). The van der Waals surface area contributed by atoms with E-state index >= 15 is 0 Å². The predicted octanol–water partition coefficient (Wildman–Crippen LogP) is 3.29. The summed E-state index contributed by atoms with van der Waals surface area (Å²) in [6.07, 6.45) is 8.70. The van der Waals surface area contributed by atoms with Gasteiger partial charge in [-0.2, -0.15) is 0 Å². The fraction of sp³-hybridized carbons (Fsp3) is 0.550. The topological polar surface area (TPSA) is 29.5 Å². The zero-order chi connectivity index (χ0) is 16.7. The van der Waals surface area contributed by atoms with Crippen LogP contribution < -0.4 is 0 Å². The Morgan fingerprint density at radius 2 is 2.00 bits per heavy atom. The van der Waals surface area contributed by atoms with Gasteiger partial charge in [0.05, 0.1) is 5.92 Å². The summed E-state index contributed by atoms with van der Waals surface area (Å²) in [7, 11) is 0. The number of rotatable bonds is 6. The molecule has 1 aromatic rings. The van der Waals surface area contributed by atoms with Crippen LogP contribution in [0.15, 0.2) is 30.3 Å². The fourth-order valence-corrected chi connectivity index (χ4v) is 3.16. The molecule has 1 aliphatic rings. The van der Waals surface area contributed by atoms with E-state index in [-0.39, 0.29) is 11.9 Å². The molecule has 0 bridgehead atoms. The summed E-state index contributed by atoms with van der Waals surface area (Å²) in [5.74, 6) is 2.59. The molecule has 0 radical (unpaired) electrons. The first-order valence-electron chi connectivity index (χ1n) is 8.54. The molecule has 1 aromatic carbocycles. The first-order valence-corrected chi connectivity index (χ1v) is 8.54. The second-order valence-corrected chi connectivity index (χ2v) is 6.36. The molecule has 1 heterocycles. The zero-order valence-electron chi connectivity index (χ0n) is 14.3. The van der Waals surface area contributed by atoms with E-state index in [1.54, 1.807) is 0 Å². The first-order chi connectivity index (χ1) is 11.1. The van der Waals surface area contributed by atoms with Crippen LogP contribution in [0.3, 0.4) is 0 Å². The molecule has 3 nitrogen and oxygen atoms in total. The van der Waals surface area contributed by atoms with Gasteiger partial charge in [0, 0.05) is 38.9 Å². The summed E-state index contributed by atoms with van der Waals surface area (Å²) in [6, 6.07) is 10.5. The van der Waals surface area contributed by atoms with Crippen LogP contribution in [0, 0.1) is 18.3 Å². The van der Waals surface area contributed by atoms with Crippen molar-refractivity contribution in [2.45, 2.75) is 45.1 Å². The van der Waals surface area contributed by atoms with E-state index in [0.717, 1.165) is 38.9 Å². The standard InChI is InChI=1S/C20H27NO2/c1-4-17(3)20(23-19(22)5-2)12-15-21(16-13-20)14-11-18-9-7-6-8-10-18/h1,6-10,17H,5,11-16H2,2-3H3. The van der Waals surface area contributed by atoms with Gasteiger partial charge in [0.25, 0.3) is 0 Å². The van der Waals surface area contributed by atoms with Crippen molar-refractivity contribution in [1.29, 1.82) is 0 Å². The van der Waals surface area contributed by atoms with E-state index in [1.165, 1.54) is 5.56 Å². The van der Waals surface area contributed by atoms with Gasteiger partial charge in [-0.3, -0.25) is 4.79 Å². The largest absolute Gasteiger partial charge is 0.458 e. The Morgan fingerprint density at radius 1 is 1.35 bits per heavy atom. The van der Waals surface area contributed by atoms with Gasteiger partial charge < -0.3 is 9.64 Å². The molecule has 1 aliphatic heterocycles. The lowest BCUT2D eigenvalue weighted by Crippen LogP contribution is -2.51. The maximum absolute atomic E-state index is 11.8. The minimum Gasteiger partial charge on any atom is -0.458 e. The van der Waals surface area contributed by atoms with E-state index < -0.39 is 5.60 Å². The van der Waals surface area contributed by atoms with E-state index in [1.807, 2.05) is 19.9 Å². The van der Waals surface area contributed by atoms with Crippen molar-refractivity contribution >= 4 is 5.97 Å². The number of nitrogens with zero attached hydrogens (tertiary/aromatic N) is 1. The van der Waals surface area contributed by atoms with E-state index in [9.17, 15) is 4.79 Å². The normalized spacial score (nSPS) is 18.8. The predicted molar refractivity (Wildman–Crippen MR) is 92.9 cm³/mol. The van der Waals surface area contributed by atoms with Gasteiger partial charge in [-0.05, 0) is 18.9 Å². The Morgan fingerprint density at radius 3 is 2.57 bits per heavy atom. The number of terminal acetylenes is 1. The number of hydrogen-bond donors (Lipinski definition) is 0. The Kier molecular flexibility index (Phi) is 6.24. The lowest BCUT2D eigenvalue weighted by Gasteiger charge is -2.43. The number of likely N-dealkylation sites (tertiary alicyclic amines) is 1. The van der Waals surface area contributed by atoms with Crippen LogP contribution in [-0.4, -0.2) is 36.1 Å². The molecule has 0 aliphatic carbocycles. The quantitative estimate of drug-likeness (QED) is 0.596. The smallest absolute Gasteiger partial charge is 0.306 e. The average Bonchev–Trinajstić information content (AvgIpc) is 2.61. The Labute approximate surface area is 140 Å². The molecule has 0 N–H and O–H groups in total. The Hall–Kier alpha value is -1.79. The number of ether oxygens (including phenoxy) is 1. The summed E-state index contributed by atoms with van der Waals surface area (Å²) < 4.78 is 5.78. The third kappa shape index (κ3) is 4.59. The van der Waals surface area contributed by atoms with Gasteiger partial charge in [0.2, 0.25) is 0 Å². The molecule has 1 unspecified atom stereocenters. The van der Waals surface area contributed by atoms with Gasteiger partial charge in [0.1, 0.15) is 5.60 Å². The van der Waals surface area contributed by atoms with E-state index in [0.29, 0.717) is 6.42 Å².